The SMILES string of the molecule is Cc1cccc(S(=O)(=O)N2CC(CO)Cc3ncc(NC(=O)OC(C)(C)C)cc32)c1. The number of aliphatic hydroxyl groups is 1. The van der Waals surface area contributed by atoms with Gasteiger partial charge in [0.25, 0.3) is 10.0 Å². The summed E-state index contributed by atoms with van der Waals surface area (Å²) in [6, 6.07) is 8.24. The van der Waals surface area contributed by atoms with Gasteiger partial charge >= 0.3 is 6.09 Å². The number of hydrogen-bond acceptors (Lipinski definition) is 6. The van der Waals surface area contributed by atoms with E-state index in [1.54, 1.807) is 45.0 Å². The standard InChI is InChI=1S/C21H27N3O5S/c1-14-6-5-7-17(8-14)30(27,28)24-12-15(13-25)9-18-19(24)10-16(11-22-18)23-20(26)29-21(2,3)4/h5-8,10-11,15,25H,9,12-13H2,1-4H3,(H,23,26). The molecule has 0 fully saturated rings. The van der Waals surface area contributed by atoms with E-state index >= 15 is 0 Å². The number of aryl methyl sites for hydroxylation is 1. The Hall–Kier alpha value is -2.65. The number of hydrogen-bond donors (Lipinski definition) is 2. The van der Waals surface area contributed by atoms with Gasteiger partial charge in [-0.05, 0) is 57.9 Å². The summed E-state index contributed by atoms with van der Waals surface area (Å²) in [7, 11) is -3.88. The van der Waals surface area contributed by atoms with E-state index in [4.69, 9.17) is 4.74 Å². The first-order valence-corrected chi connectivity index (χ1v) is 11.1. The van der Waals surface area contributed by atoms with Crippen molar-refractivity contribution >= 4 is 27.5 Å². The lowest BCUT2D eigenvalue weighted by Crippen LogP contribution is -2.41. The largest absolute Gasteiger partial charge is 0.444 e. The number of nitrogens with one attached hydrogen (secondary N) is 1. The average Bonchev–Trinajstić information content (AvgIpc) is 2.65. The number of carbonyl (C=O) groups is 1. The molecule has 3 rings (SSSR count). The second-order valence-electron chi connectivity index (χ2n) is 8.42. The number of fused-ring (bicyclic) bond motifs is 1. The lowest BCUT2D eigenvalue weighted by atomic mass is 9.98. The molecule has 0 radical (unpaired) electrons. The molecule has 1 aliphatic rings. The fraction of sp³-hybridized carbons (Fsp3) is 0.429. The van der Waals surface area contributed by atoms with Gasteiger partial charge < -0.3 is 9.84 Å². The Balaban J connectivity index is 1.99. The van der Waals surface area contributed by atoms with E-state index in [0.29, 0.717) is 23.5 Å². The Kier molecular flexibility index (Phi) is 6.05. The van der Waals surface area contributed by atoms with Gasteiger partial charge in [-0.2, -0.15) is 0 Å². The molecule has 0 spiro atoms. The van der Waals surface area contributed by atoms with Crippen LogP contribution in [0.25, 0.3) is 0 Å². The third-order valence-electron chi connectivity index (χ3n) is 4.60. The molecule has 9 heteroatoms. The maximum atomic E-state index is 13.4. The smallest absolute Gasteiger partial charge is 0.412 e. The molecule has 1 unspecified atom stereocenters. The van der Waals surface area contributed by atoms with Crippen molar-refractivity contribution in [1.29, 1.82) is 0 Å². The molecule has 1 aliphatic heterocycles. The van der Waals surface area contributed by atoms with Crippen molar-refractivity contribution in [2.75, 3.05) is 22.8 Å². The number of aromatic nitrogens is 1. The lowest BCUT2D eigenvalue weighted by molar-refractivity contribution is 0.0636. The molecule has 0 saturated carbocycles. The summed E-state index contributed by atoms with van der Waals surface area (Å²) in [6.45, 7) is 7.05. The van der Waals surface area contributed by atoms with Crippen molar-refractivity contribution in [3.8, 4) is 0 Å². The second-order valence-corrected chi connectivity index (χ2v) is 10.3. The van der Waals surface area contributed by atoms with Crippen LogP contribution in [-0.2, 0) is 21.2 Å². The molecule has 2 N–H and O–H groups in total. The third-order valence-corrected chi connectivity index (χ3v) is 6.38. The predicted molar refractivity (Wildman–Crippen MR) is 114 cm³/mol. The van der Waals surface area contributed by atoms with Crippen LogP contribution in [0.1, 0.15) is 32.0 Å². The molecule has 2 aromatic rings. The first kappa shape index (κ1) is 22.0. The quantitative estimate of drug-likeness (QED) is 0.767. The number of benzene rings is 1. The second kappa shape index (κ2) is 8.23. The molecule has 1 amide bonds. The number of pyridine rings is 1. The molecule has 0 saturated heterocycles. The molecule has 1 aromatic carbocycles. The Morgan fingerprint density at radius 2 is 2.07 bits per heavy atom. The van der Waals surface area contributed by atoms with E-state index in [2.05, 4.69) is 10.3 Å². The normalized spacial score (nSPS) is 16.7. The summed E-state index contributed by atoms with van der Waals surface area (Å²) in [6.07, 6.45) is 1.25. The molecule has 162 valence electrons. The van der Waals surface area contributed by atoms with Crippen LogP contribution in [0.2, 0.25) is 0 Å². The highest BCUT2D eigenvalue weighted by Crippen LogP contribution is 2.35. The third kappa shape index (κ3) is 4.91. The number of sulfonamides is 1. The fourth-order valence-corrected chi connectivity index (χ4v) is 4.93. The van der Waals surface area contributed by atoms with Crippen LogP contribution in [0.15, 0.2) is 41.4 Å². The van der Waals surface area contributed by atoms with Crippen molar-refractivity contribution in [3.05, 3.63) is 47.8 Å². The van der Waals surface area contributed by atoms with Crippen LogP contribution in [0.5, 0.6) is 0 Å². The first-order chi connectivity index (χ1) is 14.0. The molecule has 0 aliphatic carbocycles. The molecule has 1 aromatic heterocycles. The highest BCUT2D eigenvalue weighted by atomic mass is 32.2. The summed E-state index contributed by atoms with van der Waals surface area (Å²) in [5.41, 5.74) is 1.42. The van der Waals surface area contributed by atoms with Crippen LogP contribution in [0.3, 0.4) is 0 Å². The summed E-state index contributed by atoms with van der Waals surface area (Å²) >= 11 is 0. The Morgan fingerprint density at radius 1 is 1.33 bits per heavy atom. The van der Waals surface area contributed by atoms with E-state index in [9.17, 15) is 18.3 Å². The summed E-state index contributed by atoms with van der Waals surface area (Å²) in [5, 5.41) is 12.3. The summed E-state index contributed by atoms with van der Waals surface area (Å²) in [5.74, 6) is -0.269. The van der Waals surface area contributed by atoms with Gasteiger partial charge in [-0.25, -0.2) is 13.2 Å². The van der Waals surface area contributed by atoms with Gasteiger partial charge in [-0.15, -0.1) is 0 Å². The Morgan fingerprint density at radius 3 is 2.70 bits per heavy atom. The molecular weight excluding hydrogens is 406 g/mol. The van der Waals surface area contributed by atoms with Gasteiger partial charge in [-0.3, -0.25) is 14.6 Å². The number of aliphatic hydroxyl groups excluding tert-OH is 1. The monoisotopic (exact) mass is 433 g/mol. The van der Waals surface area contributed by atoms with Gasteiger partial charge in [0.15, 0.2) is 0 Å². The zero-order valence-electron chi connectivity index (χ0n) is 17.5. The fourth-order valence-electron chi connectivity index (χ4n) is 3.27. The van der Waals surface area contributed by atoms with Crippen molar-refractivity contribution in [2.45, 2.75) is 44.6 Å². The number of carbonyl (C=O) groups excluding carboxylic acids is 1. The van der Waals surface area contributed by atoms with Gasteiger partial charge in [0, 0.05) is 19.1 Å². The lowest BCUT2D eigenvalue weighted by Gasteiger charge is -2.34. The molecule has 0 bridgehead atoms. The maximum Gasteiger partial charge on any atom is 0.412 e. The minimum Gasteiger partial charge on any atom is -0.444 e. The number of ether oxygens (including phenoxy) is 1. The van der Waals surface area contributed by atoms with Gasteiger partial charge in [-0.1, -0.05) is 12.1 Å². The minimum absolute atomic E-state index is 0.122. The number of amides is 1. The van der Waals surface area contributed by atoms with E-state index < -0.39 is 21.7 Å². The Labute approximate surface area is 176 Å². The van der Waals surface area contributed by atoms with Gasteiger partial charge in [0.05, 0.1) is 28.2 Å². The zero-order chi connectivity index (χ0) is 22.1. The van der Waals surface area contributed by atoms with E-state index in [1.165, 1.54) is 10.5 Å². The molecule has 2 heterocycles. The van der Waals surface area contributed by atoms with Crippen LogP contribution >= 0.6 is 0 Å². The molecule has 8 nitrogen and oxygen atoms in total. The summed E-state index contributed by atoms with van der Waals surface area (Å²) < 4.78 is 33.3. The van der Waals surface area contributed by atoms with Crippen LogP contribution in [0, 0.1) is 12.8 Å². The van der Waals surface area contributed by atoms with Crippen LogP contribution in [-0.4, -0.2) is 43.4 Å². The topological polar surface area (TPSA) is 109 Å². The zero-order valence-corrected chi connectivity index (χ0v) is 18.4. The maximum absolute atomic E-state index is 13.4. The number of rotatable bonds is 4. The predicted octanol–water partition coefficient (Wildman–Crippen LogP) is 3.10. The Bertz CT molecular complexity index is 1050. The van der Waals surface area contributed by atoms with E-state index in [-0.39, 0.29) is 24.0 Å². The number of nitrogens with zero attached hydrogens (tertiary/aromatic N) is 2. The molecular formula is C21H27N3O5S. The average molecular weight is 434 g/mol. The van der Waals surface area contributed by atoms with Crippen molar-refractivity contribution < 1.29 is 23.1 Å². The highest BCUT2D eigenvalue weighted by Gasteiger charge is 2.34. The minimum atomic E-state index is -3.88. The van der Waals surface area contributed by atoms with Crippen molar-refractivity contribution in [3.63, 3.8) is 0 Å². The van der Waals surface area contributed by atoms with E-state index in [0.717, 1.165) is 5.56 Å². The molecule has 30 heavy (non-hydrogen) atoms. The first-order valence-electron chi connectivity index (χ1n) is 9.69. The van der Waals surface area contributed by atoms with Crippen molar-refractivity contribution in [2.24, 2.45) is 5.92 Å². The van der Waals surface area contributed by atoms with Gasteiger partial charge in [0.1, 0.15) is 5.60 Å². The van der Waals surface area contributed by atoms with Crippen LogP contribution in [0.4, 0.5) is 16.2 Å². The highest BCUT2D eigenvalue weighted by molar-refractivity contribution is 7.92. The van der Waals surface area contributed by atoms with Gasteiger partial charge in [0.2, 0.25) is 0 Å². The van der Waals surface area contributed by atoms with Crippen molar-refractivity contribution in [1.82, 2.24) is 4.98 Å². The summed E-state index contributed by atoms with van der Waals surface area (Å²) in [4.78, 5) is 16.6. The van der Waals surface area contributed by atoms with E-state index in [1.807, 2.05) is 13.0 Å². The number of anilines is 2. The molecule has 1 atom stereocenters. The van der Waals surface area contributed by atoms with Crippen LogP contribution < -0.4 is 9.62 Å².